The van der Waals surface area contributed by atoms with Gasteiger partial charge in [-0.25, -0.2) is 0 Å². The lowest BCUT2D eigenvalue weighted by molar-refractivity contribution is -0.123. The highest BCUT2D eigenvalue weighted by atomic mass is 16.5. The van der Waals surface area contributed by atoms with Gasteiger partial charge in [0.05, 0.1) is 6.26 Å². The van der Waals surface area contributed by atoms with Crippen LogP contribution < -0.4 is 15.6 Å². The predicted molar refractivity (Wildman–Crippen MR) is 85.0 cm³/mol. The van der Waals surface area contributed by atoms with Crippen LogP contribution >= 0.6 is 0 Å². The van der Waals surface area contributed by atoms with Gasteiger partial charge in [-0.3, -0.25) is 20.4 Å². The van der Waals surface area contributed by atoms with Crippen LogP contribution in [0.4, 0.5) is 0 Å². The first-order chi connectivity index (χ1) is 11.1. The molecule has 0 saturated heterocycles. The summed E-state index contributed by atoms with van der Waals surface area (Å²) >= 11 is 0. The van der Waals surface area contributed by atoms with Gasteiger partial charge in [0.1, 0.15) is 5.75 Å². The number of amides is 2. The minimum absolute atomic E-state index is 0.117. The molecular formula is C17H20N2O4. The van der Waals surface area contributed by atoms with Gasteiger partial charge in [0.2, 0.25) is 0 Å². The first kappa shape index (κ1) is 16.6. The predicted octanol–water partition coefficient (Wildman–Crippen LogP) is 2.63. The summed E-state index contributed by atoms with van der Waals surface area (Å²) in [5, 5.41) is 0. The molecule has 6 heteroatoms. The number of furan rings is 1. The molecule has 2 amide bonds. The Morgan fingerprint density at radius 1 is 1.17 bits per heavy atom. The number of carbonyl (C=O) groups excluding carboxylic acids is 2. The summed E-state index contributed by atoms with van der Waals surface area (Å²) in [5.41, 5.74) is 5.73. The summed E-state index contributed by atoms with van der Waals surface area (Å²) in [7, 11) is 0. The van der Waals surface area contributed by atoms with Gasteiger partial charge in [-0.1, -0.05) is 26.0 Å². The molecule has 23 heavy (non-hydrogen) atoms. The van der Waals surface area contributed by atoms with E-state index in [1.807, 2.05) is 24.3 Å². The van der Waals surface area contributed by atoms with Crippen molar-refractivity contribution in [1.29, 1.82) is 0 Å². The molecule has 6 nitrogen and oxygen atoms in total. The Morgan fingerprint density at radius 3 is 2.52 bits per heavy atom. The molecule has 1 unspecified atom stereocenters. The van der Waals surface area contributed by atoms with Crippen LogP contribution in [0.3, 0.4) is 0 Å². The summed E-state index contributed by atoms with van der Waals surface area (Å²) in [6.07, 6.45) is 2.45. The molecule has 1 aromatic heterocycles. The molecule has 1 aromatic carbocycles. The smallest absolute Gasteiger partial charge is 0.305 e. The SMILES string of the molecule is CCC(C)c1ccc(OCC(=O)NNC(=O)c2ccco2)cc1. The Bertz CT molecular complexity index is 635. The maximum absolute atomic E-state index is 11.6. The van der Waals surface area contributed by atoms with Crippen molar-refractivity contribution in [2.75, 3.05) is 6.61 Å². The van der Waals surface area contributed by atoms with Gasteiger partial charge in [0, 0.05) is 0 Å². The Hall–Kier alpha value is -2.76. The largest absolute Gasteiger partial charge is 0.484 e. The maximum atomic E-state index is 11.6. The van der Waals surface area contributed by atoms with Crippen molar-refractivity contribution in [2.24, 2.45) is 0 Å². The fourth-order valence-electron chi connectivity index (χ4n) is 1.91. The van der Waals surface area contributed by atoms with Crippen molar-refractivity contribution in [2.45, 2.75) is 26.2 Å². The summed E-state index contributed by atoms with van der Waals surface area (Å²) in [5.74, 6) is 0.220. The van der Waals surface area contributed by atoms with Crippen LogP contribution in [0.2, 0.25) is 0 Å². The summed E-state index contributed by atoms with van der Waals surface area (Å²) in [4.78, 5) is 23.2. The van der Waals surface area contributed by atoms with Gasteiger partial charge in [0.25, 0.3) is 5.91 Å². The van der Waals surface area contributed by atoms with Crippen LogP contribution in [0.15, 0.2) is 47.1 Å². The molecule has 0 bridgehead atoms. The highest BCUT2D eigenvalue weighted by Gasteiger charge is 2.10. The quantitative estimate of drug-likeness (QED) is 0.803. The van der Waals surface area contributed by atoms with E-state index >= 15 is 0 Å². The molecule has 2 rings (SSSR count). The number of hydrogen-bond acceptors (Lipinski definition) is 4. The van der Waals surface area contributed by atoms with Crippen molar-refractivity contribution in [3.05, 3.63) is 54.0 Å². The third-order valence-electron chi connectivity index (χ3n) is 3.49. The van der Waals surface area contributed by atoms with Crippen LogP contribution in [0.5, 0.6) is 5.75 Å². The van der Waals surface area contributed by atoms with E-state index in [2.05, 4.69) is 24.7 Å². The second-order valence-corrected chi connectivity index (χ2v) is 5.15. The maximum Gasteiger partial charge on any atom is 0.305 e. The number of rotatable bonds is 6. The molecule has 122 valence electrons. The van der Waals surface area contributed by atoms with Crippen molar-refractivity contribution >= 4 is 11.8 Å². The van der Waals surface area contributed by atoms with E-state index in [0.29, 0.717) is 11.7 Å². The summed E-state index contributed by atoms with van der Waals surface area (Å²) in [6, 6.07) is 10.7. The Balaban J connectivity index is 1.75. The zero-order valence-electron chi connectivity index (χ0n) is 13.2. The van der Waals surface area contributed by atoms with Gasteiger partial charge in [-0.05, 0) is 42.2 Å². The highest BCUT2D eigenvalue weighted by molar-refractivity contribution is 5.92. The fraction of sp³-hybridized carbons (Fsp3) is 0.294. The number of carbonyl (C=O) groups is 2. The summed E-state index contributed by atoms with van der Waals surface area (Å²) in [6.45, 7) is 4.10. The van der Waals surface area contributed by atoms with Crippen LogP contribution in [-0.2, 0) is 4.79 Å². The van der Waals surface area contributed by atoms with E-state index in [1.165, 1.54) is 17.9 Å². The average molecular weight is 316 g/mol. The average Bonchev–Trinajstić information content (AvgIpc) is 3.12. The monoisotopic (exact) mass is 316 g/mol. The van der Waals surface area contributed by atoms with Crippen molar-refractivity contribution in [1.82, 2.24) is 10.9 Å². The fourth-order valence-corrected chi connectivity index (χ4v) is 1.91. The number of hydrazine groups is 1. The van der Waals surface area contributed by atoms with E-state index in [1.54, 1.807) is 6.07 Å². The normalized spacial score (nSPS) is 11.6. The molecule has 1 atom stereocenters. The highest BCUT2D eigenvalue weighted by Crippen LogP contribution is 2.21. The minimum Gasteiger partial charge on any atom is -0.484 e. The van der Waals surface area contributed by atoms with Gasteiger partial charge in [-0.15, -0.1) is 0 Å². The Kier molecular flexibility index (Phi) is 5.80. The van der Waals surface area contributed by atoms with E-state index in [4.69, 9.17) is 9.15 Å². The lowest BCUT2D eigenvalue weighted by Gasteiger charge is -2.11. The van der Waals surface area contributed by atoms with Crippen molar-refractivity contribution in [3.8, 4) is 5.75 Å². The van der Waals surface area contributed by atoms with Gasteiger partial charge in [0.15, 0.2) is 12.4 Å². The molecule has 0 aliphatic rings. The second kappa shape index (κ2) is 8.03. The minimum atomic E-state index is -0.527. The van der Waals surface area contributed by atoms with E-state index in [-0.39, 0.29) is 12.4 Å². The van der Waals surface area contributed by atoms with Crippen molar-refractivity contribution in [3.63, 3.8) is 0 Å². The zero-order valence-corrected chi connectivity index (χ0v) is 13.2. The van der Waals surface area contributed by atoms with Crippen LogP contribution in [-0.4, -0.2) is 18.4 Å². The third kappa shape index (κ3) is 4.88. The zero-order chi connectivity index (χ0) is 16.7. The van der Waals surface area contributed by atoms with Gasteiger partial charge in [-0.2, -0.15) is 0 Å². The van der Waals surface area contributed by atoms with Gasteiger partial charge < -0.3 is 9.15 Å². The van der Waals surface area contributed by atoms with Gasteiger partial charge >= 0.3 is 5.91 Å². The molecule has 1 heterocycles. The second-order valence-electron chi connectivity index (χ2n) is 5.15. The van der Waals surface area contributed by atoms with E-state index < -0.39 is 11.8 Å². The molecule has 0 fully saturated rings. The lowest BCUT2D eigenvalue weighted by Crippen LogP contribution is -2.43. The number of hydrogen-bond donors (Lipinski definition) is 2. The van der Waals surface area contributed by atoms with Crippen LogP contribution in [0, 0.1) is 0 Å². The topological polar surface area (TPSA) is 80.6 Å². The summed E-state index contributed by atoms with van der Waals surface area (Å²) < 4.78 is 10.3. The molecule has 0 aliphatic heterocycles. The lowest BCUT2D eigenvalue weighted by atomic mass is 9.99. The molecule has 0 radical (unpaired) electrons. The number of nitrogens with one attached hydrogen (secondary N) is 2. The molecule has 2 aromatic rings. The first-order valence-corrected chi connectivity index (χ1v) is 7.45. The molecule has 0 spiro atoms. The Labute approximate surface area is 134 Å². The molecule has 0 aliphatic carbocycles. The number of benzene rings is 1. The molecule has 0 saturated carbocycles. The van der Waals surface area contributed by atoms with E-state index in [0.717, 1.165) is 6.42 Å². The van der Waals surface area contributed by atoms with Crippen LogP contribution in [0.1, 0.15) is 42.3 Å². The Morgan fingerprint density at radius 2 is 1.91 bits per heavy atom. The van der Waals surface area contributed by atoms with Crippen molar-refractivity contribution < 1.29 is 18.7 Å². The van der Waals surface area contributed by atoms with Crippen LogP contribution in [0.25, 0.3) is 0 Å². The third-order valence-corrected chi connectivity index (χ3v) is 3.49. The molecule has 2 N–H and O–H groups in total. The number of ether oxygens (including phenoxy) is 1. The van der Waals surface area contributed by atoms with E-state index in [9.17, 15) is 9.59 Å². The molecular weight excluding hydrogens is 296 g/mol. The first-order valence-electron chi connectivity index (χ1n) is 7.45. The standard InChI is InChI=1S/C17H20N2O4/c1-3-12(2)13-6-8-14(9-7-13)23-11-16(20)18-19-17(21)15-5-4-10-22-15/h4-10,12H,3,11H2,1-2H3,(H,18,20)(H,19,21).